The minimum absolute atomic E-state index is 1.16. The first-order chi connectivity index (χ1) is 21.3. The van der Waals surface area contributed by atoms with E-state index in [2.05, 4.69) is 180 Å². The van der Waals surface area contributed by atoms with Crippen molar-refractivity contribution in [2.45, 2.75) is 0 Å². The van der Waals surface area contributed by atoms with Gasteiger partial charge >= 0.3 is 0 Å². The van der Waals surface area contributed by atoms with Crippen LogP contribution in [0.4, 0.5) is 0 Å². The number of para-hydroxylation sites is 1. The molecule has 0 radical (unpaired) electrons. The van der Waals surface area contributed by atoms with Crippen molar-refractivity contribution in [2.75, 3.05) is 0 Å². The molecular formula is C42H29N. The van der Waals surface area contributed by atoms with Crippen LogP contribution in [0.5, 0.6) is 0 Å². The molecule has 0 unspecified atom stereocenters. The molecule has 1 heterocycles. The first-order valence-electron chi connectivity index (χ1n) is 14.8. The summed E-state index contributed by atoms with van der Waals surface area (Å²) >= 11 is 0. The van der Waals surface area contributed by atoms with Gasteiger partial charge < -0.3 is 4.57 Å². The zero-order valence-corrected chi connectivity index (χ0v) is 23.7. The molecule has 0 N–H and O–H groups in total. The Kier molecular flexibility index (Phi) is 6.20. The van der Waals surface area contributed by atoms with Gasteiger partial charge in [-0.05, 0) is 93.0 Å². The van der Waals surface area contributed by atoms with Crippen LogP contribution in [-0.2, 0) is 0 Å². The lowest BCUT2D eigenvalue weighted by Crippen LogP contribution is -1.93. The van der Waals surface area contributed by atoms with Crippen LogP contribution in [0.1, 0.15) is 0 Å². The molecule has 0 saturated heterocycles. The van der Waals surface area contributed by atoms with E-state index in [-0.39, 0.29) is 0 Å². The Morgan fingerprint density at radius 1 is 0.256 bits per heavy atom. The molecule has 1 aromatic heterocycles. The predicted octanol–water partition coefficient (Wildman–Crippen LogP) is 11.5. The molecule has 0 aliphatic rings. The lowest BCUT2D eigenvalue weighted by Gasteiger charge is -2.12. The summed E-state index contributed by atoms with van der Waals surface area (Å²) in [5.41, 5.74) is 13.3. The van der Waals surface area contributed by atoms with E-state index in [0.717, 1.165) is 5.69 Å². The SMILES string of the molecule is c1ccc(-c2ccc(-n3c4ccccc4c4cc(-c5cc(-c6ccccc6)cc(-c6ccccc6)c5)ccc43)cc2)cc1. The summed E-state index contributed by atoms with van der Waals surface area (Å²) in [4.78, 5) is 0. The highest BCUT2D eigenvalue weighted by Gasteiger charge is 2.14. The van der Waals surface area contributed by atoms with E-state index in [4.69, 9.17) is 0 Å². The maximum atomic E-state index is 2.39. The highest BCUT2D eigenvalue weighted by molar-refractivity contribution is 6.10. The minimum Gasteiger partial charge on any atom is -0.309 e. The first kappa shape index (κ1) is 25.1. The third kappa shape index (κ3) is 4.62. The third-order valence-corrected chi connectivity index (χ3v) is 8.39. The van der Waals surface area contributed by atoms with E-state index in [1.54, 1.807) is 0 Å². The van der Waals surface area contributed by atoms with Crippen LogP contribution in [0.25, 0.3) is 72.0 Å². The molecule has 0 atom stereocenters. The van der Waals surface area contributed by atoms with Gasteiger partial charge in [-0.1, -0.05) is 127 Å². The molecule has 8 aromatic rings. The molecule has 1 heteroatoms. The number of aromatic nitrogens is 1. The van der Waals surface area contributed by atoms with Crippen molar-refractivity contribution in [1.82, 2.24) is 4.57 Å². The standard InChI is InChI=1S/C42H29N/c1-4-12-30(13-5-1)33-20-23-38(24-21-33)43-41-19-11-10-18-39(41)40-29-34(22-25-42(40)43)37-27-35(31-14-6-2-7-15-31)26-36(28-37)32-16-8-3-9-17-32/h1-29H. The molecule has 43 heavy (non-hydrogen) atoms. The van der Waals surface area contributed by atoms with Gasteiger partial charge in [0.05, 0.1) is 11.0 Å². The highest BCUT2D eigenvalue weighted by atomic mass is 15.0. The number of nitrogens with zero attached hydrogens (tertiary/aromatic N) is 1. The minimum atomic E-state index is 1.16. The van der Waals surface area contributed by atoms with Crippen molar-refractivity contribution in [3.8, 4) is 50.2 Å². The Balaban J connectivity index is 1.29. The molecule has 1 nitrogen and oxygen atoms in total. The van der Waals surface area contributed by atoms with E-state index in [0.29, 0.717) is 0 Å². The maximum absolute atomic E-state index is 2.39. The van der Waals surface area contributed by atoms with Gasteiger partial charge in [0, 0.05) is 16.5 Å². The summed E-state index contributed by atoms with van der Waals surface area (Å²) in [7, 11) is 0. The van der Waals surface area contributed by atoms with E-state index in [1.165, 1.54) is 66.3 Å². The number of fused-ring (bicyclic) bond motifs is 3. The second-order valence-electron chi connectivity index (χ2n) is 11.0. The number of hydrogen-bond acceptors (Lipinski definition) is 0. The van der Waals surface area contributed by atoms with Gasteiger partial charge in [-0.2, -0.15) is 0 Å². The monoisotopic (exact) mass is 547 g/mol. The molecule has 0 saturated carbocycles. The summed E-state index contributed by atoms with van der Waals surface area (Å²) in [6.45, 7) is 0. The average molecular weight is 548 g/mol. The molecular weight excluding hydrogens is 518 g/mol. The molecule has 0 aliphatic carbocycles. The Morgan fingerprint density at radius 3 is 1.26 bits per heavy atom. The number of benzene rings is 7. The zero-order valence-electron chi connectivity index (χ0n) is 23.7. The van der Waals surface area contributed by atoms with E-state index in [1.807, 2.05) is 0 Å². The molecule has 7 aromatic carbocycles. The van der Waals surface area contributed by atoms with Crippen LogP contribution in [0.3, 0.4) is 0 Å². The van der Waals surface area contributed by atoms with Gasteiger partial charge in [-0.25, -0.2) is 0 Å². The van der Waals surface area contributed by atoms with Gasteiger partial charge in [-0.15, -0.1) is 0 Å². The van der Waals surface area contributed by atoms with Gasteiger partial charge in [0.25, 0.3) is 0 Å². The van der Waals surface area contributed by atoms with Crippen molar-refractivity contribution in [3.05, 3.63) is 176 Å². The summed E-state index contributed by atoms with van der Waals surface area (Å²) in [6.07, 6.45) is 0. The molecule has 0 fully saturated rings. The van der Waals surface area contributed by atoms with Crippen LogP contribution < -0.4 is 0 Å². The van der Waals surface area contributed by atoms with Crippen LogP contribution in [0.15, 0.2) is 176 Å². The molecule has 0 aliphatic heterocycles. The number of rotatable bonds is 5. The third-order valence-electron chi connectivity index (χ3n) is 8.39. The van der Waals surface area contributed by atoms with Gasteiger partial charge in [0.2, 0.25) is 0 Å². The van der Waals surface area contributed by atoms with E-state index in [9.17, 15) is 0 Å². The van der Waals surface area contributed by atoms with Gasteiger partial charge in [0.1, 0.15) is 0 Å². The Morgan fingerprint density at radius 2 is 0.674 bits per heavy atom. The van der Waals surface area contributed by atoms with Crippen molar-refractivity contribution in [3.63, 3.8) is 0 Å². The number of hydrogen-bond donors (Lipinski definition) is 0. The van der Waals surface area contributed by atoms with Crippen LogP contribution in [0.2, 0.25) is 0 Å². The fourth-order valence-corrected chi connectivity index (χ4v) is 6.25. The lowest BCUT2D eigenvalue weighted by atomic mass is 9.93. The average Bonchev–Trinajstić information content (AvgIpc) is 3.43. The Hall–Kier alpha value is -5.66. The van der Waals surface area contributed by atoms with Crippen molar-refractivity contribution in [2.24, 2.45) is 0 Å². The summed E-state index contributed by atoms with van der Waals surface area (Å²) in [5.74, 6) is 0. The van der Waals surface area contributed by atoms with Crippen LogP contribution in [-0.4, -0.2) is 4.57 Å². The second kappa shape index (κ2) is 10.6. The smallest absolute Gasteiger partial charge is 0.0541 e. The van der Waals surface area contributed by atoms with E-state index < -0.39 is 0 Å². The quantitative estimate of drug-likeness (QED) is 0.202. The fourth-order valence-electron chi connectivity index (χ4n) is 6.25. The van der Waals surface area contributed by atoms with Crippen molar-refractivity contribution < 1.29 is 0 Å². The van der Waals surface area contributed by atoms with Crippen molar-refractivity contribution in [1.29, 1.82) is 0 Å². The highest BCUT2D eigenvalue weighted by Crippen LogP contribution is 2.38. The lowest BCUT2D eigenvalue weighted by molar-refractivity contribution is 1.18. The first-order valence-corrected chi connectivity index (χ1v) is 14.8. The second-order valence-corrected chi connectivity index (χ2v) is 11.0. The summed E-state index contributed by atoms with van der Waals surface area (Å²) in [6, 6.07) is 63.4. The largest absolute Gasteiger partial charge is 0.309 e. The molecule has 202 valence electrons. The summed E-state index contributed by atoms with van der Waals surface area (Å²) < 4.78 is 2.39. The maximum Gasteiger partial charge on any atom is 0.0541 e. The predicted molar refractivity (Wildman–Crippen MR) is 183 cm³/mol. The topological polar surface area (TPSA) is 4.93 Å². The normalized spacial score (nSPS) is 11.3. The Bertz CT molecular complexity index is 2130. The van der Waals surface area contributed by atoms with E-state index >= 15 is 0 Å². The summed E-state index contributed by atoms with van der Waals surface area (Å²) in [5, 5.41) is 2.51. The van der Waals surface area contributed by atoms with Gasteiger partial charge in [0.15, 0.2) is 0 Å². The Labute approximate surface area is 251 Å². The van der Waals surface area contributed by atoms with Gasteiger partial charge in [-0.3, -0.25) is 0 Å². The van der Waals surface area contributed by atoms with Crippen LogP contribution in [0, 0.1) is 0 Å². The molecule has 0 spiro atoms. The zero-order chi connectivity index (χ0) is 28.6. The van der Waals surface area contributed by atoms with Crippen molar-refractivity contribution >= 4 is 21.8 Å². The van der Waals surface area contributed by atoms with Crippen LogP contribution >= 0.6 is 0 Å². The molecule has 0 amide bonds. The molecule has 8 rings (SSSR count). The molecule has 0 bridgehead atoms. The fraction of sp³-hybridized carbons (Fsp3) is 0.